The van der Waals surface area contributed by atoms with Crippen LogP contribution in [0.5, 0.6) is 0 Å². The van der Waals surface area contributed by atoms with Gasteiger partial charge in [-0.3, -0.25) is 0 Å². The lowest BCUT2D eigenvalue weighted by Gasteiger charge is -2.31. The molecule has 0 amide bonds. The Morgan fingerprint density at radius 3 is 2.55 bits per heavy atom. The molecule has 0 aromatic heterocycles. The van der Waals surface area contributed by atoms with Crippen LogP contribution in [0.25, 0.3) is 0 Å². The van der Waals surface area contributed by atoms with Crippen molar-refractivity contribution in [1.29, 1.82) is 0 Å². The van der Waals surface area contributed by atoms with Crippen LogP contribution in [0.2, 0.25) is 0 Å². The van der Waals surface area contributed by atoms with Crippen LogP contribution in [0, 0.1) is 0 Å². The lowest BCUT2D eigenvalue weighted by molar-refractivity contribution is 0.0600. The first-order valence-corrected chi connectivity index (χ1v) is 7.81. The van der Waals surface area contributed by atoms with Gasteiger partial charge >= 0.3 is 5.97 Å². The molecule has 0 aliphatic carbocycles. The number of sulfonamides is 1. The number of ether oxygens (including phenoxy) is 1. The number of carbonyl (C=O) groups is 1. The molecule has 0 unspecified atom stereocenters. The van der Waals surface area contributed by atoms with Crippen molar-refractivity contribution in [2.75, 3.05) is 26.7 Å². The smallest absolute Gasteiger partial charge is 0.337 e. The van der Waals surface area contributed by atoms with Crippen LogP contribution in [0.3, 0.4) is 0 Å². The Bertz CT molecular complexity index is 583. The van der Waals surface area contributed by atoms with Crippen LogP contribution in [-0.2, 0) is 14.8 Å². The Balaban J connectivity index is 2.23. The molecule has 1 atom stereocenters. The lowest BCUT2D eigenvalue weighted by atomic mass is 10.2. The molecule has 1 aliphatic rings. The summed E-state index contributed by atoms with van der Waals surface area (Å²) in [5.74, 6) is -0.482. The first kappa shape index (κ1) is 15.0. The zero-order valence-electron chi connectivity index (χ0n) is 11.5. The molecule has 1 saturated heterocycles. The predicted molar refractivity (Wildman–Crippen MR) is 74.0 cm³/mol. The summed E-state index contributed by atoms with van der Waals surface area (Å²) in [5.41, 5.74) is 0.333. The van der Waals surface area contributed by atoms with E-state index in [1.165, 1.54) is 35.7 Å². The van der Waals surface area contributed by atoms with Crippen molar-refractivity contribution >= 4 is 16.0 Å². The van der Waals surface area contributed by atoms with Gasteiger partial charge < -0.3 is 10.1 Å². The van der Waals surface area contributed by atoms with E-state index < -0.39 is 16.0 Å². The minimum atomic E-state index is -3.50. The molecule has 1 aromatic carbocycles. The molecule has 7 heteroatoms. The van der Waals surface area contributed by atoms with E-state index >= 15 is 0 Å². The highest BCUT2D eigenvalue weighted by Crippen LogP contribution is 2.18. The van der Waals surface area contributed by atoms with E-state index in [1.807, 2.05) is 6.92 Å². The molecule has 1 aliphatic heterocycles. The van der Waals surface area contributed by atoms with Crippen molar-refractivity contribution in [3.8, 4) is 0 Å². The summed E-state index contributed by atoms with van der Waals surface area (Å²) in [6.07, 6.45) is 0. The number of hydrogen-bond donors (Lipinski definition) is 1. The number of hydrogen-bond acceptors (Lipinski definition) is 5. The van der Waals surface area contributed by atoms with Gasteiger partial charge in [-0.1, -0.05) is 0 Å². The fourth-order valence-corrected chi connectivity index (χ4v) is 3.67. The largest absolute Gasteiger partial charge is 0.465 e. The van der Waals surface area contributed by atoms with Crippen molar-refractivity contribution in [3.63, 3.8) is 0 Å². The maximum Gasteiger partial charge on any atom is 0.337 e. The second-order valence-corrected chi connectivity index (χ2v) is 6.67. The summed E-state index contributed by atoms with van der Waals surface area (Å²) in [5, 5.41) is 3.20. The van der Waals surface area contributed by atoms with Crippen LogP contribution >= 0.6 is 0 Å². The number of esters is 1. The normalized spacial score (nSPS) is 20.6. The Hall–Kier alpha value is -1.44. The molecule has 6 nitrogen and oxygen atoms in total. The Labute approximate surface area is 118 Å². The second-order valence-electron chi connectivity index (χ2n) is 4.73. The van der Waals surface area contributed by atoms with Gasteiger partial charge in [0.1, 0.15) is 0 Å². The quantitative estimate of drug-likeness (QED) is 0.820. The van der Waals surface area contributed by atoms with Gasteiger partial charge in [-0.15, -0.1) is 0 Å². The highest BCUT2D eigenvalue weighted by atomic mass is 32.2. The summed E-state index contributed by atoms with van der Waals surface area (Å²) >= 11 is 0. The number of nitrogens with zero attached hydrogens (tertiary/aromatic N) is 1. The maximum atomic E-state index is 12.5. The summed E-state index contributed by atoms with van der Waals surface area (Å²) in [7, 11) is -2.22. The highest BCUT2D eigenvalue weighted by Gasteiger charge is 2.28. The van der Waals surface area contributed by atoms with Gasteiger partial charge in [0, 0.05) is 25.7 Å². The maximum absolute atomic E-state index is 12.5. The summed E-state index contributed by atoms with van der Waals surface area (Å²) in [6, 6.07) is 5.94. The summed E-state index contributed by atoms with van der Waals surface area (Å²) in [4.78, 5) is 11.5. The molecule has 0 spiro atoms. The van der Waals surface area contributed by atoms with Crippen LogP contribution in [0.15, 0.2) is 29.2 Å². The standard InChI is InChI=1S/C13H18N2O4S/c1-10-9-15(8-7-14-10)20(17,18)12-5-3-11(4-6-12)13(16)19-2/h3-6,10,14H,7-9H2,1-2H3/t10-/m1/s1. The van der Waals surface area contributed by atoms with Crippen LogP contribution < -0.4 is 5.32 Å². The van der Waals surface area contributed by atoms with Gasteiger partial charge in [0.2, 0.25) is 10.0 Å². The first-order valence-electron chi connectivity index (χ1n) is 6.37. The molecule has 1 aromatic rings. The van der Waals surface area contributed by atoms with Gasteiger partial charge in [0.15, 0.2) is 0 Å². The van der Waals surface area contributed by atoms with Crippen molar-refractivity contribution in [2.24, 2.45) is 0 Å². The molecule has 2 rings (SSSR count). The van der Waals surface area contributed by atoms with Crippen LogP contribution in [0.4, 0.5) is 0 Å². The van der Waals surface area contributed by atoms with Gasteiger partial charge in [-0.05, 0) is 31.2 Å². The summed E-state index contributed by atoms with van der Waals surface area (Å²) < 4.78 is 31.0. The van der Waals surface area contributed by atoms with Crippen LogP contribution in [0.1, 0.15) is 17.3 Å². The van der Waals surface area contributed by atoms with Crippen LogP contribution in [-0.4, -0.2) is 51.5 Å². The van der Waals surface area contributed by atoms with E-state index in [9.17, 15) is 13.2 Å². The van der Waals surface area contributed by atoms with E-state index in [4.69, 9.17) is 0 Å². The SMILES string of the molecule is COC(=O)c1ccc(S(=O)(=O)N2CCN[C@H](C)C2)cc1. The van der Waals surface area contributed by atoms with Gasteiger partial charge in [-0.25, -0.2) is 13.2 Å². The zero-order valence-corrected chi connectivity index (χ0v) is 12.3. The molecule has 1 fully saturated rings. The number of rotatable bonds is 3. The first-order chi connectivity index (χ1) is 9.45. The van der Waals surface area contributed by atoms with Crippen molar-refractivity contribution in [3.05, 3.63) is 29.8 Å². The predicted octanol–water partition coefficient (Wildman–Crippen LogP) is 0.456. The van der Waals surface area contributed by atoms with Crippen molar-refractivity contribution in [2.45, 2.75) is 17.9 Å². The molecule has 0 radical (unpaired) electrons. The second kappa shape index (κ2) is 5.90. The Morgan fingerprint density at radius 2 is 2.00 bits per heavy atom. The average Bonchev–Trinajstić information content (AvgIpc) is 2.46. The minimum absolute atomic E-state index is 0.132. The third-order valence-electron chi connectivity index (χ3n) is 3.24. The monoisotopic (exact) mass is 298 g/mol. The molecular weight excluding hydrogens is 280 g/mol. The lowest BCUT2D eigenvalue weighted by Crippen LogP contribution is -2.51. The number of piperazine rings is 1. The Morgan fingerprint density at radius 1 is 1.35 bits per heavy atom. The molecule has 110 valence electrons. The molecular formula is C13H18N2O4S. The molecule has 0 saturated carbocycles. The van der Waals surface area contributed by atoms with E-state index in [2.05, 4.69) is 10.1 Å². The van der Waals surface area contributed by atoms with Gasteiger partial charge in [-0.2, -0.15) is 4.31 Å². The molecule has 1 N–H and O–H groups in total. The molecule has 0 bridgehead atoms. The van der Waals surface area contributed by atoms with E-state index in [0.29, 0.717) is 25.2 Å². The average molecular weight is 298 g/mol. The number of methoxy groups -OCH3 is 1. The van der Waals surface area contributed by atoms with E-state index in [-0.39, 0.29) is 10.9 Å². The number of nitrogens with one attached hydrogen (secondary N) is 1. The van der Waals surface area contributed by atoms with Crippen molar-refractivity contribution in [1.82, 2.24) is 9.62 Å². The van der Waals surface area contributed by atoms with Crippen molar-refractivity contribution < 1.29 is 17.9 Å². The topological polar surface area (TPSA) is 75.7 Å². The molecule has 1 heterocycles. The van der Waals surface area contributed by atoms with E-state index in [0.717, 1.165) is 0 Å². The van der Waals surface area contributed by atoms with E-state index in [1.54, 1.807) is 0 Å². The van der Waals surface area contributed by atoms with Gasteiger partial charge in [0.25, 0.3) is 0 Å². The fraction of sp³-hybridized carbons (Fsp3) is 0.462. The Kier molecular flexibility index (Phi) is 4.42. The third kappa shape index (κ3) is 3.00. The molecule has 20 heavy (non-hydrogen) atoms. The highest BCUT2D eigenvalue weighted by molar-refractivity contribution is 7.89. The van der Waals surface area contributed by atoms with Gasteiger partial charge in [0.05, 0.1) is 17.6 Å². The zero-order chi connectivity index (χ0) is 14.8. The fourth-order valence-electron chi connectivity index (χ4n) is 2.15. The number of carbonyl (C=O) groups excluding carboxylic acids is 1. The summed E-state index contributed by atoms with van der Waals surface area (Å²) in [6.45, 7) is 3.48. The minimum Gasteiger partial charge on any atom is -0.465 e. The number of benzene rings is 1. The third-order valence-corrected chi connectivity index (χ3v) is 5.12.